The first-order valence-electron chi connectivity index (χ1n) is 10.2. The van der Waals surface area contributed by atoms with Crippen LogP contribution in [-0.4, -0.2) is 11.8 Å². The Bertz CT molecular complexity index is 1150. The van der Waals surface area contributed by atoms with E-state index in [0.717, 1.165) is 5.56 Å². The van der Waals surface area contributed by atoms with Crippen LogP contribution in [0, 0.1) is 12.3 Å². The lowest BCUT2D eigenvalue weighted by atomic mass is 9.51. The van der Waals surface area contributed by atoms with Crippen molar-refractivity contribution in [2.75, 3.05) is 4.90 Å². The van der Waals surface area contributed by atoms with Crippen molar-refractivity contribution in [3.05, 3.63) is 101 Å². The molecule has 142 valence electrons. The van der Waals surface area contributed by atoms with E-state index in [2.05, 4.69) is 48.5 Å². The van der Waals surface area contributed by atoms with Crippen LogP contribution in [0.15, 0.2) is 72.8 Å². The van der Waals surface area contributed by atoms with Gasteiger partial charge in [0.05, 0.1) is 11.1 Å². The predicted octanol–water partition coefficient (Wildman–Crippen LogP) is 4.93. The van der Waals surface area contributed by atoms with Crippen molar-refractivity contribution in [2.45, 2.75) is 31.6 Å². The molecule has 1 atom stereocenters. The maximum Gasteiger partial charge on any atom is 0.241 e. The molecule has 0 aromatic heterocycles. The van der Waals surface area contributed by atoms with Crippen LogP contribution in [0.2, 0.25) is 0 Å². The molecule has 1 aliphatic heterocycles. The Morgan fingerprint density at radius 1 is 0.828 bits per heavy atom. The average Bonchev–Trinajstić information content (AvgIpc) is 2.97. The third-order valence-electron chi connectivity index (χ3n) is 7.09. The average molecular weight is 379 g/mol. The van der Waals surface area contributed by atoms with E-state index in [-0.39, 0.29) is 30.1 Å². The Morgan fingerprint density at radius 3 is 2.07 bits per heavy atom. The third kappa shape index (κ3) is 2.08. The van der Waals surface area contributed by atoms with Gasteiger partial charge in [-0.2, -0.15) is 0 Å². The highest BCUT2D eigenvalue weighted by molar-refractivity contribution is 6.23. The van der Waals surface area contributed by atoms with Gasteiger partial charge < -0.3 is 0 Å². The smallest absolute Gasteiger partial charge is 0.241 e. The number of amides is 2. The molecule has 0 N–H and O–H groups in total. The molecule has 0 radical (unpaired) electrons. The SMILES string of the molecule is Cc1cccc(N2C(=O)CC3(CC4c5ccccc5C3c3ccccc34)C2=O)c1. The number of imide groups is 1. The van der Waals surface area contributed by atoms with Crippen LogP contribution in [0.25, 0.3) is 0 Å². The van der Waals surface area contributed by atoms with Crippen molar-refractivity contribution >= 4 is 17.5 Å². The lowest BCUT2D eigenvalue weighted by Gasteiger charge is -2.50. The molecule has 3 aliphatic carbocycles. The molecule has 3 heteroatoms. The molecule has 1 fully saturated rings. The van der Waals surface area contributed by atoms with Gasteiger partial charge in [0.2, 0.25) is 11.8 Å². The standard InChI is InChI=1S/C26H21NO2/c1-16-7-6-8-17(13-16)27-23(28)15-26(25(27)29)14-22-18-9-2-4-11-20(18)24(26)21-12-5-3-10-19(21)22/h2-13,22,24H,14-15H2,1H3. The van der Waals surface area contributed by atoms with E-state index in [9.17, 15) is 9.59 Å². The predicted molar refractivity (Wildman–Crippen MR) is 112 cm³/mol. The van der Waals surface area contributed by atoms with Crippen molar-refractivity contribution in [3.63, 3.8) is 0 Å². The second kappa shape index (κ2) is 5.66. The summed E-state index contributed by atoms with van der Waals surface area (Å²) in [5.74, 6) is -0.0111. The number of aryl methyl sites for hydroxylation is 1. The second-order valence-corrected chi connectivity index (χ2v) is 8.65. The zero-order chi connectivity index (χ0) is 19.8. The number of carbonyl (C=O) groups is 2. The monoisotopic (exact) mass is 379 g/mol. The molecule has 1 saturated heterocycles. The zero-order valence-electron chi connectivity index (χ0n) is 16.3. The molecule has 1 spiro atoms. The first kappa shape index (κ1) is 16.7. The Kier molecular flexibility index (Phi) is 3.27. The Labute approximate surface area is 170 Å². The normalized spacial score (nSPS) is 26.7. The molecule has 0 saturated carbocycles. The summed E-state index contributed by atoms with van der Waals surface area (Å²) in [5.41, 5.74) is 6.12. The molecule has 7 rings (SSSR count). The number of hydrogen-bond donors (Lipinski definition) is 0. The Morgan fingerprint density at radius 2 is 1.45 bits per heavy atom. The lowest BCUT2D eigenvalue weighted by molar-refractivity contribution is -0.127. The van der Waals surface area contributed by atoms with E-state index in [1.54, 1.807) is 0 Å². The topological polar surface area (TPSA) is 37.4 Å². The van der Waals surface area contributed by atoms with E-state index in [4.69, 9.17) is 0 Å². The van der Waals surface area contributed by atoms with Crippen molar-refractivity contribution in [3.8, 4) is 0 Å². The van der Waals surface area contributed by atoms with Gasteiger partial charge in [0.15, 0.2) is 0 Å². The van der Waals surface area contributed by atoms with Gasteiger partial charge in [-0.05, 0) is 53.3 Å². The van der Waals surface area contributed by atoms with E-state index >= 15 is 0 Å². The minimum absolute atomic E-state index is 0.0351. The van der Waals surface area contributed by atoms with Crippen molar-refractivity contribution in [1.29, 1.82) is 0 Å². The summed E-state index contributed by atoms with van der Waals surface area (Å²) < 4.78 is 0. The summed E-state index contributed by atoms with van der Waals surface area (Å²) in [7, 11) is 0. The van der Waals surface area contributed by atoms with Gasteiger partial charge in [0, 0.05) is 18.3 Å². The molecule has 29 heavy (non-hydrogen) atoms. The van der Waals surface area contributed by atoms with Crippen molar-refractivity contribution < 1.29 is 9.59 Å². The molecule has 2 amide bonds. The van der Waals surface area contributed by atoms with E-state index in [0.29, 0.717) is 12.1 Å². The van der Waals surface area contributed by atoms with Gasteiger partial charge in [-0.25, -0.2) is 0 Å². The Hall–Kier alpha value is -3.20. The third-order valence-corrected chi connectivity index (χ3v) is 7.09. The van der Waals surface area contributed by atoms with Gasteiger partial charge in [-0.15, -0.1) is 0 Å². The van der Waals surface area contributed by atoms with Crippen molar-refractivity contribution in [1.82, 2.24) is 0 Å². The molecule has 1 heterocycles. The summed E-state index contributed by atoms with van der Waals surface area (Å²) in [6.07, 6.45) is 0.988. The quantitative estimate of drug-likeness (QED) is 0.563. The number of nitrogens with zero attached hydrogens (tertiary/aromatic N) is 1. The van der Waals surface area contributed by atoms with Crippen LogP contribution >= 0.6 is 0 Å². The summed E-state index contributed by atoms with van der Waals surface area (Å²) in [6, 6.07) is 24.6. The van der Waals surface area contributed by atoms with Crippen LogP contribution in [0.3, 0.4) is 0 Å². The van der Waals surface area contributed by atoms with Gasteiger partial charge >= 0.3 is 0 Å². The number of hydrogen-bond acceptors (Lipinski definition) is 2. The Balaban J connectivity index is 1.55. The van der Waals surface area contributed by atoms with Crippen LogP contribution in [0.4, 0.5) is 5.69 Å². The van der Waals surface area contributed by atoms with Gasteiger partial charge in [0.25, 0.3) is 0 Å². The van der Waals surface area contributed by atoms with E-state index in [1.807, 2.05) is 31.2 Å². The molecule has 4 aliphatic rings. The van der Waals surface area contributed by atoms with Crippen LogP contribution in [0.1, 0.15) is 52.5 Å². The molecule has 3 nitrogen and oxygen atoms in total. The summed E-state index contributed by atoms with van der Waals surface area (Å²) in [6.45, 7) is 1.99. The minimum atomic E-state index is -0.686. The van der Waals surface area contributed by atoms with Crippen LogP contribution in [-0.2, 0) is 9.59 Å². The van der Waals surface area contributed by atoms with Crippen molar-refractivity contribution in [2.24, 2.45) is 5.41 Å². The maximum absolute atomic E-state index is 13.9. The fourth-order valence-electron chi connectivity index (χ4n) is 5.99. The van der Waals surface area contributed by atoms with Gasteiger partial charge in [-0.3, -0.25) is 14.5 Å². The molecular formula is C26H21NO2. The molecule has 2 bridgehead atoms. The molecule has 1 unspecified atom stereocenters. The maximum atomic E-state index is 13.9. The number of benzene rings is 3. The zero-order valence-corrected chi connectivity index (χ0v) is 16.3. The highest BCUT2D eigenvalue weighted by atomic mass is 16.2. The van der Waals surface area contributed by atoms with Crippen LogP contribution in [0.5, 0.6) is 0 Å². The van der Waals surface area contributed by atoms with Gasteiger partial charge in [-0.1, -0.05) is 60.7 Å². The van der Waals surface area contributed by atoms with Crippen LogP contribution < -0.4 is 4.90 Å². The van der Waals surface area contributed by atoms with E-state index in [1.165, 1.54) is 27.2 Å². The minimum Gasteiger partial charge on any atom is -0.274 e. The lowest BCUT2D eigenvalue weighted by Crippen LogP contribution is -2.47. The van der Waals surface area contributed by atoms with E-state index < -0.39 is 5.41 Å². The van der Waals surface area contributed by atoms with Gasteiger partial charge in [0.1, 0.15) is 0 Å². The largest absolute Gasteiger partial charge is 0.274 e. The molecule has 3 aromatic rings. The highest BCUT2D eigenvalue weighted by Gasteiger charge is 2.62. The molecular weight excluding hydrogens is 358 g/mol. The highest BCUT2D eigenvalue weighted by Crippen LogP contribution is 2.64. The number of carbonyl (C=O) groups excluding carboxylic acids is 2. The fraction of sp³-hybridized carbons (Fsp3) is 0.231. The first-order valence-corrected chi connectivity index (χ1v) is 10.2. The first-order chi connectivity index (χ1) is 14.1. The number of rotatable bonds is 1. The summed E-state index contributed by atoms with van der Waals surface area (Å²) in [4.78, 5) is 28.5. The second-order valence-electron chi connectivity index (χ2n) is 8.65. The summed E-state index contributed by atoms with van der Waals surface area (Å²) >= 11 is 0. The molecule has 3 aromatic carbocycles. The number of anilines is 1. The summed E-state index contributed by atoms with van der Waals surface area (Å²) in [5, 5.41) is 0. The fourth-order valence-corrected chi connectivity index (χ4v) is 5.99.